The molecule has 7 heteroatoms. The van der Waals surface area contributed by atoms with Crippen LogP contribution in [0.2, 0.25) is 5.02 Å². The lowest BCUT2D eigenvalue weighted by molar-refractivity contribution is 0.172. The Kier molecular flexibility index (Phi) is 6.49. The monoisotopic (exact) mass is 440 g/mol. The minimum atomic E-state index is -0.450. The van der Waals surface area contributed by atoms with Gasteiger partial charge in [0.05, 0.1) is 16.4 Å². The summed E-state index contributed by atoms with van der Waals surface area (Å²) in [4.78, 5) is 6.98. The molecule has 31 heavy (non-hydrogen) atoms. The Hall–Kier alpha value is -2.57. The van der Waals surface area contributed by atoms with Crippen LogP contribution in [0.15, 0.2) is 48.7 Å². The molecule has 2 fully saturated rings. The van der Waals surface area contributed by atoms with Gasteiger partial charge in [-0.15, -0.1) is 0 Å². The van der Waals surface area contributed by atoms with E-state index in [4.69, 9.17) is 27.2 Å². The van der Waals surface area contributed by atoms with Crippen LogP contribution in [0.4, 0.5) is 4.39 Å². The van der Waals surface area contributed by atoms with Crippen molar-refractivity contribution < 1.29 is 9.13 Å². The number of likely N-dealkylation sites (tertiary alicyclic amines) is 1. The van der Waals surface area contributed by atoms with Gasteiger partial charge in [0.15, 0.2) is 0 Å². The van der Waals surface area contributed by atoms with Gasteiger partial charge in [0.2, 0.25) is 5.90 Å². The van der Waals surface area contributed by atoms with Crippen molar-refractivity contribution in [1.29, 1.82) is 10.8 Å². The summed E-state index contributed by atoms with van der Waals surface area (Å²) in [5.74, 6) is 0.724. The van der Waals surface area contributed by atoms with Crippen LogP contribution in [0.1, 0.15) is 29.7 Å². The Bertz CT molecular complexity index is 1010. The van der Waals surface area contributed by atoms with Crippen LogP contribution in [0.25, 0.3) is 0 Å². The average molecular weight is 441 g/mol. The quantitative estimate of drug-likeness (QED) is 0.489. The topological polar surface area (TPSA) is 73.1 Å². The molecule has 1 unspecified atom stereocenters. The predicted molar refractivity (Wildman–Crippen MR) is 120 cm³/mol. The molecule has 2 heterocycles. The third-order valence-corrected chi connectivity index (χ3v) is 6.52. The molecule has 2 aliphatic rings. The summed E-state index contributed by atoms with van der Waals surface area (Å²) in [5, 5.41) is 16.5. The van der Waals surface area contributed by atoms with Crippen molar-refractivity contribution in [2.24, 2.45) is 11.8 Å². The highest BCUT2D eigenvalue weighted by Crippen LogP contribution is 2.40. The molecule has 1 saturated heterocycles. The number of pyridine rings is 1. The van der Waals surface area contributed by atoms with Crippen molar-refractivity contribution in [3.63, 3.8) is 0 Å². The molecule has 0 radical (unpaired) electrons. The molecule has 1 aliphatic carbocycles. The van der Waals surface area contributed by atoms with Crippen LogP contribution >= 0.6 is 11.6 Å². The first kappa shape index (κ1) is 21.7. The third kappa shape index (κ3) is 5.20. The Morgan fingerprint density at radius 2 is 1.97 bits per heavy atom. The summed E-state index contributed by atoms with van der Waals surface area (Å²) in [6.45, 7) is 5.05. The van der Waals surface area contributed by atoms with Crippen LogP contribution in [0, 0.1) is 35.4 Å². The molecule has 5 nitrogen and oxygen atoms in total. The number of aromatic nitrogens is 1. The van der Waals surface area contributed by atoms with E-state index < -0.39 is 5.82 Å². The molecule has 2 N–H and O–H groups in total. The standard InChI is InChI=1S/C24H26ClFN4O/c1-15-3-2-8-29-23(15)14-30-12-16-9-19(10-17(16)13-30)31-24(28)7-6-22(27)20-11-18(26)4-5-21(20)25/h2-8,11,16-17,19,27-28H,9-10,12-14H2,1H3/b7-6-,27-22?,28-24?/t16-,17+,19?. The van der Waals surface area contributed by atoms with Crippen LogP contribution in [-0.2, 0) is 11.3 Å². The molecule has 162 valence electrons. The van der Waals surface area contributed by atoms with Crippen LogP contribution < -0.4 is 0 Å². The largest absolute Gasteiger partial charge is 0.475 e. The Morgan fingerprint density at radius 3 is 2.68 bits per heavy atom. The van der Waals surface area contributed by atoms with Crippen molar-refractivity contribution >= 4 is 23.2 Å². The summed E-state index contributed by atoms with van der Waals surface area (Å²) in [6, 6.07) is 7.97. The first-order chi connectivity index (χ1) is 14.9. The highest BCUT2D eigenvalue weighted by atomic mass is 35.5. The Balaban J connectivity index is 1.26. The predicted octanol–water partition coefficient (Wildman–Crippen LogP) is 5.01. The fourth-order valence-corrected chi connectivity index (χ4v) is 4.85. The second-order valence-corrected chi connectivity index (χ2v) is 8.84. The van der Waals surface area contributed by atoms with Gasteiger partial charge in [-0.3, -0.25) is 15.3 Å². The highest BCUT2D eigenvalue weighted by molar-refractivity contribution is 6.34. The van der Waals surface area contributed by atoms with Crippen molar-refractivity contribution in [1.82, 2.24) is 9.88 Å². The molecule has 1 saturated carbocycles. The first-order valence-electron chi connectivity index (χ1n) is 10.5. The van der Waals surface area contributed by atoms with Crippen molar-refractivity contribution in [3.05, 3.63) is 76.3 Å². The summed E-state index contributed by atoms with van der Waals surface area (Å²) >= 11 is 6.04. The lowest BCUT2D eigenvalue weighted by Crippen LogP contribution is -2.24. The zero-order valence-corrected chi connectivity index (χ0v) is 18.2. The maximum absolute atomic E-state index is 13.4. The van der Waals surface area contributed by atoms with Gasteiger partial charge < -0.3 is 10.1 Å². The molecule has 0 spiro atoms. The van der Waals surface area contributed by atoms with E-state index in [1.54, 1.807) is 0 Å². The number of benzene rings is 1. The SMILES string of the molecule is Cc1cccnc1CN1C[C@H]2CC(OC(=N)/C=C\C(=N)c3cc(F)ccc3Cl)C[C@H]2C1. The molecular weight excluding hydrogens is 415 g/mol. The molecule has 4 rings (SSSR count). The number of hydrogen-bond donors (Lipinski definition) is 2. The fraction of sp³-hybridized carbons (Fsp3) is 0.375. The summed E-state index contributed by atoms with van der Waals surface area (Å²) in [5.41, 5.74) is 2.71. The number of fused-ring (bicyclic) bond motifs is 1. The molecule has 3 atom stereocenters. The van der Waals surface area contributed by atoms with Gasteiger partial charge in [-0.2, -0.15) is 0 Å². The van der Waals surface area contributed by atoms with E-state index in [1.807, 2.05) is 12.3 Å². The lowest BCUT2D eigenvalue weighted by Gasteiger charge is -2.19. The Labute approximate surface area is 186 Å². The first-order valence-corrected chi connectivity index (χ1v) is 10.9. The van der Waals surface area contributed by atoms with E-state index in [1.165, 1.54) is 35.9 Å². The number of hydrogen-bond acceptors (Lipinski definition) is 5. The van der Waals surface area contributed by atoms with Gasteiger partial charge in [-0.05, 0) is 67.5 Å². The second-order valence-electron chi connectivity index (χ2n) is 8.43. The molecular formula is C24H26ClFN4O. The second kappa shape index (κ2) is 9.28. The molecule has 1 aromatic carbocycles. The van der Waals surface area contributed by atoms with E-state index >= 15 is 0 Å². The van der Waals surface area contributed by atoms with E-state index in [2.05, 4.69) is 22.9 Å². The maximum atomic E-state index is 13.4. The summed E-state index contributed by atoms with van der Waals surface area (Å²) in [7, 11) is 0. The minimum Gasteiger partial charge on any atom is -0.475 e. The summed E-state index contributed by atoms with van der Waals surface area (Å²) < 4.78 is 19.2. The molecule has 0 bridgehead atoms. The average Bonchev–Trinajstić information content (AvgIpc) is 3.27. The number of nitrogens with zero attached hydrogens (tertiary/aromatic N) is 2. The van der Waals surface area contributed by atoms with Gasteiger partial charge in [-0.1, -0.05) is 17.7 Å². The number of aryl methyl sites for hydroxylation is 1. The fourth-order valence-electron chi connectivity index (χ4n) is 4.63. The normalized spacial score (nSPS) is 23.3. The van der Waals surface area contributed by atoms with Crippen LogP contribution in [0.5, 0.6) is 0 Å². The zero-order chi connectivity index (χ0) is 22.0. The number of rotatable bonds is 6. The zero-order valence-electron chi connectivity index (χ0n) is 17.4. The van der Waals surface area contributed by atoms with Gasteiger partial charge >= 0.3 is 0 Å². The van der Waals surface area contributed by atoms with Crippen LogP contribution in [0.3, 0.4) is 0 Å². The van der Waals surface area contributed by atoms with Crippen LogP contribution in [-0.4, -0.2) is 40.7 Å². The molecule has 0 amide bonds. The molecule has 1 aromatic heterocycles. The molecule has 1 aliphatic heterocycles. The van der Waals surface area contributed by atoms with E-state index in [0.717, 1.165) is 38.2 Å². The summed E-state index contributed by atoms with van der Waals surface area (Å²) in [6.07, 6.45) is 6.61. The van der Waals surface area contributed by atoms with Gasteiger partial charge in [0.25, 0.3) is 0 Å². The Morgan fingerprint density at radius 1 is 1.23 bits per heavy atom. The molecule has 2 aromatic rings. The van der Waals surface area contributed by atoms with E-state index in [0.29, 0.717) is 22.4 Å². The van der Waals surface area contributed by atoms with Crippen molar-refractivity contribution in [3.8, 4) is 0 Å². The third-order valence-electron chi connectivity index (χ3n) is 6.19. The van der Waals surface area contributed by atoms with E-state index in [9.17, 15) is 4.39 Å². The maximum Gasteiger partial charge on any atom is 0.206 e. The minimum absolute atomic E-state index is 0.0169. The number of nitrogens with one attached hydrogen (secondary N) is 2. The van der Waals surface area contributed by atoms with Crippen molar-refractivity contribution in [2.75, 3.05) is 13.1 Å². The van der Waals surface area contributed by atoms with Gasteiger partial charge in [-0.25, -0.2) is 4.39 Å². The highest BCUT2D eigenvalue weighted by Gasteiger charge is 2.42. The number of ether oxygens (including phenoxy) is 1. The lowest BCUT2D eigenvalue weighted by atomic mass is 10.0. The number of halogens is 2. The smallest absolute Gasteiger partial charge is 0.206 e. The van der Waals surface area contributed by atoms with E-state index in [-0.39, 0.29) is 17.7 Å². The van der Waals surface area contributed by atoms with Gasteiger partial charge in [0.1, 0.15) is 11.9 Å². The van der Waals surface area contributed by atoms with Gasteiger partial charge in [0, 0.05) is 37.5 Å². The number of allylic oxidation sites excluding steroid dienone is 1. The van der Waals surface area contributed by atoms with Crippen molar-refractivity contribution in [2.45, 2.75) is 32.4 Å².